The van der Waals surface area contributed by atoms with E-state index < -0.39 is 11.9 Å². The maximum atomic E-state index is 11.6. The van der Waals surface area contributed by atoms with Gasteiger partial charge in [-0.1, -0.05) is 20.3 Å². The fourth-order valence-corrected chi connectivity index (χ4v) is 1.87. The quantitative estimate of drug-likeness (QED) is 0.627. The number of nitrogens with two attached hydrogens (primary N) is 1. The van der Waals surface area contributed by atoms with E-state index in [1.54, 1.807) is 0 Å². The monoisotopic (exact) mass is 269 g/mol. The molecule has 6 nitrogen and oxygen atoms in total. The van der Waals surface area contributed by atoms with Gasteiger partial charge in [0.2, 0.25) is 17.7 Å². The Morgan fingerprint density at radius 3 is 2.37 bits per heavy atom. The molecule has 4 N–H and O–H groups in total. The van der Waals surface area contributed by atoms with Crippen LogP contribution >= 0.6 is 0 Å². The smallest absolute Gasteiger partial charge is 0.245 e. The summed E-state index contributed by atoms with van der Waals surface area (Å²) in [5, 5.41) is 4.72. The standard InChI is InChI=1S/C13H23N3O3/c1-8(2)6-10(14)13(19)15-7-11(17)16-12(18)9-4-3-5-9/h8-10H,3-7,14H2,1-2H3,(H,15,19)(H,16,17,18)/t10-/m0/s1. The number of carbonyl (C=O) groups excluding carboxylic acids is 3. The van der Waals surface area contributed by atoms with Crippen molar-refractivity contribution < 1.29 is 14.4 Å². The molecule has 1 aliphatic carbocycles. The minimum absolute atomic E-state index is 0.0390. The number of hydrogen-bond acceptors (Lipinski definition) is 4. The van der Waals surface area contributed by atoms with Gasteiger partial charge in [-0.15, -0.1) is 0 Å². The zero-order valence-electron chi connectivity index (χ0n) is 11.6. The second kappa shape index (κ2) is 7.23. The third-order valence-corrected chi connectivity index (χ3v) is 3.22. The highest BCUT2D eigenvalue weighted by Crippen LogP contribution is 2.25. The molecule has 1 rings (SSSR count). The second-order valence-corrected chi connectivity index (χ2v) is 5.49. The van der Waals surface area contributed by atoms with Gasteiger partial charge in [0.25, 0.3) is 0 Å². The Labute approximate surface area is 113 Å². The summed E-state index contributed by atoms with van der Waals surface area (Å²) in [6.45, 7) is 3.73. The largest absolute Gasteiger partial charge is 0.346 e. The first kappa shape index (κ1) is 15.6. The topological polar surface area (TPSA) is 101 Å². The van der Waals surface area contributed by atoms with E-state index in [0.717, 1.165) is 19.3 Å². The molecule has 19 heavy (non-hydrogen) atoms. The predicted octanol–water partition coefficient (Wildman–Crippen LogP) is -0.0811. The van der Waals surface area contributed by atoms with Gasteiger partial charge in [0.05, 0.1) is 12.6 Å². The Kier molecular flexibility index (Phi) is 5.95. The Morgan fingerprint density at radius 1 is 1.26 bits per heavy atom. The molecule has 1 fully saturated rings. The molecule has 108 valence electrons. The number of carbonyl (C=O) groups is 3. The normalized spacial score (nSPS) is 16.6. The molecule has 1 atom stereocenters. The fraction of sp³-hybridized carbons (Fsp3) is 0.769. The summed E-state index contributed by atoms with van der Waals surface area (Å²) in [6.07, 6.45) is 3.27. The van der Waals surface area contributed by atoms with Gasteiger partial charge >= 0.3 is 0 Å². The van der Waals surface area contributed by atoms with E-state index in [9.17, 15) is 14.4 Å². The molecule has 0 heterocycles. The first-order valence-corrected chi connectivity index (χ1v) is 6.77. The lowest BCUT2D eigenvalue weighted by atomic mass is 9.85. The highest BCUT2D eigenvalue weighted by atomic mass is 16.2. The number of hydrogen-bond donors (Lipinski definition) is 3. The van der Waals surface area contributed by atoms with Crippen LogP contribution in [-0.4, -0.2) is 30.3 Å². The van der Waals surface area contributed by atoms with Crippen molar-refractivity contribution in [2.24, 2.45) is 17.6 Å². The van der Waals surface area contributed by atoms with Crippen molar-refractivity contribution in [3.05, 3.63) is 0 Å². The van der Waals surface area contributed by atoms with Crippen LogP contribution in [0.2, 0.25) is 0 Å². The van der Waals surface area contributed by atoms with Crippen LogP contribution in [0.5, 0.6) is 0 Å². The van der Waals surface area contributed by atoms with Gasteiger partial charge in [-0.3, -0.25) is 19.7 Å². The third kappa shape index (κ3) is 5.38. The van der Waals surface area contributed by atoms with Gasteiger partial charge in [0, 0.05) is 5.92 Å². The lowest BCUT2D eigenvalue weighted by molar-refractivity contribution is -0.135. The zero-order valence-corrected chi connectivity index (χ0v) is 11.6. The highest BCUT2D eigenvalue weighted by molar-refractivity contribution is 5.98. The van der Waals surface area contributed by atoms with Crippen LogP contribution in [0.25, 0.3) is 0 Å². The average Bonchev–Trinajstić information content (AvgIpc) is 2.22. The van der Waals surface area contributed by atoms with Crippen molar-refractivity contribution in [2.45, 2.75) is 45.6 Å². The van der Waals surface area contributed by atoms with E-state index >= 15 is 0 Å². The summed E-state index contributed by atoms with van der Waals surface area (Å²) in [5.41, 5.74) is 5.67. The molecule has 0 aromatic carbocycles. The molecule has 1 saturated carbocycles. The molecule has 0 bridgehead atoms. The van der Waals surface area contributed by atoms with E-state index in [1.807, 2.05) is 13.8 Å². The Bertz CT molecular complexity index is 351. The predicted molar refractivity (Wildman–Crippen MR) is 70.9 cm³/mol. The fourth-order valence-electron chi connectivity index (χ4n) is 1.87. The van der Waals surface area contributed by atoms with Crippen LogP contribution in [0, 0.1) is 11.8 Å². The van der Waals surface area contributed by atoms with E-state index in [4.69, 9.17) is 5.73 Å². The maximum absolute atomic E-state index is 11.6. The molecule has 0 radical (unpaired) electrons. The van der Waals surface area contributed by atoms with Gasteiger partial charge in [0.1, 0.15) is 0 Å². The molecule has 1 aliphatic rings. The van der Waals surface area contributed by atoms with Gasteiger partial charge in [-0.25, -0.2) is 0 Å². The molecule has 6 heteroatoms. The van der Waals surface area contributed by atoms with Crippen molar-refractivity contribution in [2.75, 3.05) is 6.54 Å². The Balaban J connectivity index is 2.21. The molecule has 0 aliphatic heterocycles. The second-order valence-electron chi connectivity index (χ2n) is 5.49. The van der Waals surface area contributed by atoms with Crippen molar-refractivity contribution in [1.82, 2.24) is 10.6 Å². The van der Waals surface area contributed by atoms with E-state index in [1.165, 1.54) is 0 Å². The summed E-state index contributed by atoms with van der Waals surface area (Å²) >= 11 is 0. The summed E-state index contributed by atoms with van der Waals surface area (Å²) in [6, 6.07) is -0.616. The summed E-state index contributed by atoms with van der Waals surface area (Å²) in [7, 11) is 0. The first-order chi connectivity index (χ1) is 8.90. The maximum Gasteiger partial charge on any atom is 0.245 e. The van der Waals surface area contributed by atoms with Gasteiger partial charge in [-0.2, -0.15) is 0 Å². The van der Waals surface area contributed by atoms with Crippen molar-refractivity contribution in [1.29, 1.82) is 0 Å². The molecule has 0 aromatic heterocycles. The third-order valence-electron chi connectivity index (χ3n) is 3.22. The van der Waals surface area contributed by atoms with E-state index in [2.05, 4.69) is 10.6 Å². The number of imide groups is 1. The molecule has 3 amide bonds. The molecule has 0 spiro atoms. The number of nitrogens with one attached hydrogen (secondary N) is 2. The Hall–Kier alpha value is -1.43. The first-order valence-electron chi connectivity index (χ1n) is 6.77. The average molecular weight is 269 g/mol. The molecular weight excluding hydrogens is 246 g/mol. The van der Waals surface area contributed by atoms with Crippen LogP contribution in [-0.2, 0) is 14.4 Å². The van der Waals surface area contributed by atoms with Crippen LogP contribution in [0.3, 0.4) is 0 Å². The van der Waals surface area contributed by atoms with Gasteiger partial charge < -0.3 is 11.1 Å². The molecule has 0 unspecified atom stereocenters. The molecule has 0 saturated heterocycles. The summed E-state index contributed by atoms with van der Waals surface area (Å²) in [4.78, 5) is 34.5. The lowest BCUT2D eigenvalue weighted by Crippen LogP contribution is -2.47. The lowest BCUT2D eigenvalue weighted by Gasteiger charge is -2.23. The zero-order chi connectivity index (χ0) is 14.4. The van der Waals surface area contributed by atoms with Crippen molar-refractivity contribution >= 4 is 17.7 Å². The molecule has 0 aromatic rings. The summed E-state index contributed by atoms with van der Waals surface area (Å²) < 4.78 is 0. The van der Waals surface area contributed by atoms with Crippen molar-refractivity contribution in [3.8, 4) is 0 Å². The van der Waals surface area contributed by atoms with E-state index in [-0.39, 0.29) is 24.3 Å². The minimum Gasteiger partial charge on any atom is -0.346 e. The number of amides is 3. The van der Waals surface area contributed by atoms with Crippen LogP contribution in [0.15, 0.2) is 0 Å². The minimum atomic E-state index is -0.616. The number of rotatable bonds is 6. The van der Waals surface area contributed by atoms with Gasteiger partial charge in [-0.05, 0) is 25.2 Å². The highest BCUT2D eigenvalue weighted by Gasteiger charge is 2.26. The van der Waals surface area contributed by atoms with Gasteiger partial charge in [0.15, 0.2) is 0 Å². The van der Waals surface area contributed by atoms with Crippen LogP contribution < -0.4 is 16.4 Å². The van der Waals surface area contributed by atoms with Crippen LogP contribution in [0.1, 0.15) is 39.5 Å². The summed E-state index contributed by atoms with van der Waals surface area (Å²) in [5.74, 6) is -0.809. The van der Waals surface area contributed by atoms with E-state index in [0.29, 0.717) is 12.3 Å². The van der Waals surface area contributed by atoms with Crippen LogP contribution in [0.4, 0.5) is 0 Å². The SMILES string of the molecule is CC(C)C[C@H](N)C(=O)NCC(=O)NC(=O)C1CCC1. The Morgan fingerprint density at radius 2 is 1.89 bits per heavy atom. The van der Waals surface area contributed by atoms with Crippen molar-refractivity contribution in [3.63, 3.8) is 0 Å². The molecular formula is C13H23N3O3.